The Balaban J connectivity index is 1.59. The molecule has 0 saturated carbocycles. The molecule has 0 aliphatic rings. The Kier molecular flexibility index (Phi) is 5.85. The summed E-state index contributed by atoms with van der Waals surface area (Å²) in [6, 6.07) is 21.1. The molecule has 0 radical (unpaired) electrons. The number of thiazole rings is 1. The molecule has 0 spiro atoms. The molecule has 0 aliphatic heterocycles. The zero-order valence-corrected chi connectivity index (χ0v) is 20.2. The summed E-state index contributed by atoms with van der Waals surface area (Å²) in [7, 11) is 1.62. The molecule has 0 atom stereocenters. The molecule has 5 aromatic rings. The van der Waals surface area contributed by atoms with Crippen LogP contribution in [0, 0.1) is 6.92 Å². The number of fused-ring (bicyclic) bond motifs is 2. The molecule has 0 aliphatic carbocycles. The normalized spacial score (nSPS) is 11.5. The highest BCUT2D eigenvalue weighted by Crippen LogP contribution is 2.38. The van der Waals surface area contributed by atoms with Crippen LogP contribution in [0.4, 0.5) is 5.13 Å². The number of halogens is 1. The van der Waals surface area contributed by atoms with E-state index in [2.05, 4.69) is 16.2 Å². The number of aryl methyl sites for hydroxylation is 1. The molecule has 0 bridgehead atoms. The fraction of sp³-hybridized carbons (Fsp3) is 0.0800. The summed E-state index contributed by atoms with van der Waals surface area (Å²) in [6.07, 6.45) is 1.63. The lowest BCUT2D eigenvalue weighted by Crippen LogP contribution is -2.25. The highest BCUT2D eigenvalue weighted by atomic mass is 35.5. The van der Waals surface area contributed by atoms with Crippen LogP contribution in [0.1, 0.15) is 20.8 Å². The summed E-state index contributed by atoms with van der Waals surface area (Å²) >= 11 is 9.39. The molecule has 0 unspecified atom stereocenters. The van der Waals surface area contributed by atoms with Crippen molar-refractivity contribution in [2.24, 2.45) is 5.10 Å². The maximum absolute atomic E-state index is 13.7. The first kappa shape index (κ1) is 21.6. The molecule has 1 amide bonds. The number of carbonyl (C=O) groups is 1. The molecule has 2 heterocycles. The van der Waals surface area contributed by atoms with E-state index in [4.69, 9.17) is 16.3 Å². The Hall–Kier alpha value is -3.26. The van der Waals surface area contributed by atoms with Gasteiger partial charge in [0.15, 0.2) is 0 Å². The van der Waals surface area contributed by atoms with E-state index in [1.54, 1.807) is 13.3 Å². The standard InChI is InChI=1S/C25H18ClN3O2S2/c1-15-7-12-19-21(13-15)33-25(28-19)29(27-14-16-8-10-17(31-2)11-9-16)24(30)23-22(26)18-5-3-4-6-20(18)32-23/h3-14H,1-2H3/b27-14+. The van der Waals surface area contributed by atoms with Crippen LogP contribution in [0.5, 0.6) is 5.75 Å². The van der Waals surface area contributed by atoms with Gasteiger partial charge in [-0.15, -0.1) is 11.3 Å². The number of rotatable bonds is 5. The van der Waals surface area contributed by atoms with Crippen LogP contribution in [-0.4, -0.2) is 24.2 Å². The number of amides is 1. The third-order valence-electron chi connectivity index (χ3n) is 5.07. The molecular weight excluding hydrogens is 474 g/mol. The van der Waals surface area contributed by atoms with Crippen molar-refractivity contribution in [3.05, 3.63) is 87.8 Å². The maximum atomic E-state index is 13.7. The molecule has 2 aromatic heterocycles. The molecule has 0 N–H and O–H groups in total. The number of benzene rings is 3. The Morgan fingerprint density at radius 1 is 1.06 bits per heavy atom. The van der Waals surface area contributed by atoms with Crippen molar-refractivity contribution < 1.29 is 9.53 Å². The average Bonchev–Trinajstić information content (AvgIpc) is 3.40. The minimum absolute atomic E-state index is 0.318. The van der Waals surface area contributed by atoms with E-state index >= 15 is 0 Å². The van der Waals surface area contributed by atoms with E-state index in [0.29, 0.717) is 15.0 Å². The minimum Gasteiger partial charge on any atom is -0.497 e. The Morgan fingerprint density at radius 3 is 2.61 bits per heavy atom. The summed E-state index contributed by atoms with van der Waals surface area (Å²) in [5, 5.41) is 7.64. The third-order valence-corrected chi connectivity index (χ3v) is 7.73. The van der Waals surface area contributed by atoms with E-state index in [0.717, 1.165) is 37.2 Å². The van der Waals surface area contributed by atoms with Crippen molar-refractivity contribution >= 4 is 71.8 Å². The van der Waals surface area contributed by atoms with Crippen LogP contribution < -0.4 is 9.75 Å². The van der Waals surface area contributed by atoms with Gasteiger partial charge in [0.2, 0.25) is 5.13 Å². The third kappa shape index (κ3) is 4.23. The van der Waals surface area contributed by atoms with Gasteiger partial charge in [0.1, 0.15) is 10.6 Å². The topological polar surface area (TPSA) is 54.8 Å². The number of hydrogen-bond donors (Lipinski definition) is 0. The van der Waals surface area contributed by atoms with Gasteiger partial charge >= 0.3 is 0 Å². The molecule has 8 heteroatoms. The highest BCUT2D eigenvalue weighted by Gasteiger charge is 2.26. The summed E-state index contributed by atoms with van der Waals surface area (Å²) < 4.78 is 7.15. The lowest BCUT2D eigenvalue weighted by Gasteiger charge is -2.13. The van der Waals surface area contributed by atoms with Crippen LogP contribution in [-0.2, 0) is 0 Å². The van der Waals surface area contributed by atoms with Gasteiger partial charge in [0, 0.05) is 10.1 Å². The van der Waals surface area contributed by atoms with Crippen molar-refractivity contribution in [1.82, 2.24) is 4.98 Å². The maximum Gasteiger partial charge on any atom is 0.292 e. The SMILES string of the molecule is COc1ccc(/C=N/N(C(=O)c2sc3ccccc3c2Cl)c2nc3ccc(C)cc3s2)cc1. The Labute approximate surface area is 203 Å². The molecule has 0 saturated heterocycles. The summed E-state index contributed by atoms with van der Waals surface area (Å²) in [6.45, 7) is 2.03. The lowest BCUT2D eigenvalue weighted by molar-refractivity contribution is 0.0992. The Morgan fingerprint density at radius 2 is 1.85 bits per heavy atom. The van der Waals surface area contributed by atoms with Crippen molar-refractivity contribution in [3.8, 4) is 5.75 Å². The monoisotopic (exact) mass is 491 g/mol. The smallest absolute Gasteiger partial charge is 0.292 e. The van der Waals surface area contributed by atoms with Crippen LogP contribution in [0.3, 0.4) is 0 Å². The van der Waals surface area contributed by atoms with E-state index in [1.165, 1.54) is 27.7 Å². The van der Waals surface area contributed by atoms with Gasteiger partial charge < -0.3 is 4.74 Å². The minimum atomic E-state index is -0.318. The number of aromatic nitrogens is 1. The number of methoxy groups -OCH3 is 1. The summed E-state index contributed by atoms with van der Waals surface area (Å²) in [4.78, 5) is 18.8. The highest BCUT2D eigenvalue weighted by molar-refractivity contribution is 7.23. The number of anilines is 1. The van der Waals surface area contributed by atoms with Gasteiger partial charge in [-0.2, -0.15) is 10.1 Å². The first-order chi connectivity index (χ1) is 16.0. The van der Waals surface area contributed by atoms with Crippen LogP contribution in [0.25, 0.3) is 20.3 Å². The molecule has 5 nitrogen and oxygen atoms in total. The van der Waals surface area contributed by atoms with Gasteiger partial charge in [0.05, 0.1) is 28.6 Å². The van der Waals surface area contributed by atoms with Crippen molar-refractivity contribution in [1.29, 1.82) is 0 Å². The van der Waals surface area contributed by atoms with Crippen molar-refractivity contribution in [3.63, 3.8) is 0 Å². The fourth-order valence-electron chi connectivity index (χ4n) is 3.36. The van der Waals surface area contributed by atoms with Gasteiger partial charge in [-0.1, -0.05) is 47.2 Å². The largest absolute Gasteiger partial charge is 0.497 e. The van der Waals surface area contributed by atoms with Crippen LogP contribution in [0.15, 0.2) is 71.8 Å². The van der Waals surface area contributed by atoms with Crippen LogP contribution >= 0.6 is 34.3 Å². The molecule has 33 heavy (non-hydrogen) atoms. The van der Waals surface area contributed by atoms with Gasteiger partial charge in [-0.25, -0.2) is 4.98 Å². The second-order valence-corrected chi connectivity index (χ2v) is 9.78. The number of ether oxygens (including phenoxy) is 1. The first-order valence-corrected chi connectivity index (χ1v) is 12.1. The van der Waals surface area contributed by atoms with E-state index in [-0.39, 0.29) is 5.91 Å². The quantitative estimate of drug-likeness (QED) is 0.193. The number of hydrogen-bond acceptors (Lipinski definition) is 6. The summed E-state index contributed by atoms with van der Waals surface area (Å²) in [5.74, 6) is 0.431. The first-order valence-electron chi connectivity index (χ1n) is 10.1. The number of hydrazone groups is 1. The van der Waals surface area contributed by atoms with Gasteiger partial charge in [-0.05, 0) is 60.5 Å². The Bertz CT molecular complexity index is 1510. The van der Waals surface area contributed by atoms with E-state index in [1.807, 2.05) is 67.6 Å². The zero-order chi connectivity index (χ0) is 22.9. The zero-order valence-electron chi connectivity index (χ0n) is 17.8. The number of nitrogens with zero attached hydrogens (tertiary/aromatic N) is 3. The van der Waals surface area contributed by atoms with E-state index < -0.39 is 0 Å². The average molecular weight is 492 g/mol. The second kappa shape index (κ2) is 8.94. The van der Waals surface area contributed by atoms with Crippen molar-refractivity contribution in [2.75, 3.05) is 12.1 Å². The molecule has 3 aromatic carbocycles. The van der Waals surface area contributed by atoms with Crippen molar-refractivity contribution in [2.45, 2.75) is 6.92 Å². The lowest BCUT2D eigenvalue weighted by atomic mass is 10.2. The predicted molar refractivity (Wildman–Crippen MR) is 139 cm³/mol. The molecule has 164 valence electrons. The number of carbonyl (C=O) groups excluding carboxylic acids is 1. The van der Waals surface area contributed by atoms with Gasteiger partial charge in [-0.3, -0.25) is 4.79 Å². The predicted octanol–water partition coefficient (Wildman–Crippen LogP) is 7.16. The second-order valence-electron chi connectivity index (χ2n) is 7.34. The number of thiophene rings is 1. The molecule has 5 rings (SSSR count). The van der Waals surface area contributed by atoms with Gasteiger partial charge in [0.25, 0.3) is 5.91 Å². The fourth-order valence-corrected chi connectivity index (χ4v) is 5.82. The van der Waals surface area contributed by atoms with Crippen LogP contribution in [0.2, 0.25) is 5.02 Å². The molecular formula is C25H18ClN3O2S2. The summed E-state index contributed by atoms with van der Waals surface area (Å²) in [5.41, 5.74) is 2.78. The molecule has 0 fully saturated rings. The van der Waals surface area contributed by atoms with E-state index in [9.17, 15) is 4.79 Å².